The molecule has 0 atom stereocenters. The standard InChI is InChI=1S/C14H18N6/c1-10-8-11(2)20(18-10)7-3-6-19-13-4-5-16-9-12(13)17-14(19)15/h4-5,8-9H,3,6-7H2,1-2H3,(H2,15,17). The van der Waals surface area contributed by atoms with Crippen molar-refractivity contribution in [1.82, 2.24) is 24.3 Å². The van der Waals surface area contributed by atoms with Crippen molar-refractivity contribution >= 4 is 17.0 Å². The second-order valence-electron chi connectivity index (χ2n) is 4.99. The van der Waals surface area contributed by atoms with Gasteiger partial charge < -0.3 is 10.3 Å². The van der Waals surface area contributed by atoms with Crippen molar-refractivity contribution in [2.75, 3.05) is 5.73 Å². The average Bonchev–Trinajstić information content (AvgIpc) is 2.90. The van der Waals surface area contributed by atoms with Gasteiger partial charge in [-0.1, -0.05) is 0 Å². The molecule has 20 heavy (non-hydrogen) atoms. The van der Waals surface area contributed by atoms with Gasteiger partial charge >= 0.3 is 0 Å². The van der Waals surface area contributed by atoms with Crippen LogP contribution in [0.1, 0.15) is 17.8 Å². The fourth-order valence-electron chi connectivity index (χ4n) is 2.52. The smallest absolute Gasteiger partial charge is 0.201 e. The number of pyridine rings is 1. The maximum absolute atomic E-state index is 5.97. The molecule has 104 valence electrons. The van der Waals surface area contributed by atoms with E-state index in [1.54, 1.807) is 12.4 Å². The van der Waals surface area contributed by atoms with Gasteiger partial charge in [0.15, 0.2) is 0 Å². The van der Waals surface area contributed by atoms with Crippen LogP contribution in [-0.4, -0.2) is 24.3 Å². The van der Waals surface area contributed by atoms with E-state index in [9.17, 15) is 0 Å². The summed E-state index contributed by atoms with van der Waals surface area (Å²) in [5.41, 5.74) is 10.1. The number of nitrogens with zero attached hydrogens (tertiary/aromatic N) is 5. The highest BCUT2D eigenvalue weighted by molar-refractivity contribution is 5.76. The third-order valence-corrected chi connectivity index (χ3v) is 3.44. The number of nitrogens with two attached hydrogens (primary N) is 1. The molecular weight excluding hydrogens is 252 g/mol. The first-order valence-corrected chi connectivity index (χ1v) is 6.72. The summed E-state index contributed by atoms with van der Waals surface area (Å²) in [5.74, 6) is 0.543. The van der Waals surface area contributed by atoms with E-state index in [-0.39, 0.29) is 0 Å². The Morgan fingerprint density at radius 2 is 2.10 bits per heavy atom. The number of nitrogen functional groups attached to an aromatic ring is 1. The minimum atomic E-state index is 0.543. The SMILES string of the molecule is Cc1cc(C)n(CCCn2c(N)nc3cnccc32)n1. The van der Waals surface area contributed by atoms with Gasteiger partial charge in [-0.3, -0.25) is 9.67 Å². The summed E-state index contributed by atoms with van der Waals surface area (Å²) in [6, 6.07) is 4.04. The normalized spacial score (nSPS) is 11.3. The van der Waals surface area contributed by atoms with Crippen molar-refractivity contribution in [3.63, 3.8) is 0 Å². The lowest BCUT2D eigenvalue weighted by Crippen LogP contribution is -2.08. The molecule has 0 saturated carbocycles. The lowest BCUT2D eigenvalue weighted by atomic mass is 10.3. The van der Waals surface area contributed by atoms with Gasteiger partial charge in [0.05, 0.1) is 17.4 Å². The number of fused-ring (bicyclic) bond motifs is 1. The number of hydrogen-bond donors (Lipinski definition) is 1. The fraction of sp³-hybridized carbons (Fsp3) is 0.357. The van der Waals surface area contributed by atoms with Crippen molar-refractivity contribution in [2.45, 2.75) is 33.4 Å². The Kier molecular flexibility index (Phi) is 3.14. The summed E-state index contributed by atoms with van der Waals surface area (Å²) < 4.78 is 4.06. The molecule has 3 aromatic rings. The maximum atomic E-state index is 5.97. The van der Waals surface area contributed by atoms with Crippen LogP contribution < -0.4 is 5.73 Å². The van der Waals surface area contributed by atoms with Gasteiger partial charge in [-0.15, -0.1) is 0 Å². The summed E-state index contributed by atoms with van der Waals surface area (Å²) >= 11 is 0. The van der Waals surface area contributed by atoms with Gasteiger partial charge in [0.1, 0.15) is 5.52 Å². The van der Waals surface area contributed by atoms with Crippen molar-refractivity contribution in [3.05, 3.63) is 35.9 Å². The lowest BCUT2D eigenvalue weighted by molar-refractivity contribution is 0.523. The molecule has 0 aliphatic carbocycles. The lowest BCUT2D eigenvalue weighted by Gasteiger charge is -2.07. The Labute approximate surface area is 117 Å². The third-order valence-electron chi connectivity index (χ3n) is 3.44. The predicted octanol–water partition coefficient (Wildman–Crippen LogP) is 1.92. The Bertz CT molecular complexity index is 739. The van der Waals surface area contributed by atoms with Gasteiger partial charge in [0, 0.05) is 25.0 Å². The first-order chi connectivity index (χ1) is 9.65. The molecule has 0 aliphatic heterocycles. The Hall–Kier alpha value is -2.37. The van der Waals surface area contributed by atoms with Gasteiger partial charge in [-0.2, -0.15) is 5.10 Å². The zero-order valence-corrected chi connectivity index (χ0v) is 11.7. The molecule has 0 spiro atoms. The molecule has 0 saturated heterocycles. The Morgan fingerprint density at radius 1 is 1.25 bits per heavy atom. The fourth-order valence-corrected chi connectivity index (χ4v) is 2.52. The molecular formula is C14H18N6. The summed E-state index contributed by atoms with van der Waals surface area (Å²) in [6.45, 7) is 5.79. The molecule has 6 nitrogen and oxygen atoms in total. The first-order valence-electron chi connectivity index (χ1n) is 6.72. The molecule has 0 unspecified atom stereocenters. The number of hydrogen-bond acceptors (Lipinski definition) is 4. The van der Waals surface area contributed by atoms with E-state index in [1.165, 1.54) is 5.69 Å². The van der Waals surface area contributed by atoms with Crippen LogP contribution in [0.25, 0.3) is 11.0 Å². The summed E-state index contributed by atoms with van der Waals surface area (Å²) in [7, 11) is 0. The number of rotatable bonds is 4. The minimum Gasteiger partial charge on any atom is -0.369 e. The van der Waals surface area contributed by atoms with Crippen LogP contribution in [0.2, 0.25) is 0 Å². The number of aromatic nitrogens is 5. The van der Waals surface area contributed by atoms with Crippen LogP contribution in [0.4, 0.5) is 5.95 Å². The number of anilines is 1. The molecule has 0 fully saturated rings. The highest BCUT2D eigenvalue weighted by Gasteiger charge is 2.08. The van der Waals surface area contributed by atoms with Crippen LogP contribution in [-0.2, 0) is 13.1 Å². The maximum Gasteiger partial charge on any atom is 0.201 e. The number of imidazole rings is 1. The van der Waals surface area contributed by atoms with E-state index in [0.717, 1.165) is 36.2 Å². The molecule has 0 aromatic carbocycles. The van der Waals surface area contributed by atoms with Gasteiger partial charge in [0.25, 0.3) is 0 Å². The van der Waals surface area contributed by atoms with E-state index in [4.69, 9.17) is 5.73 Å². The van der Waals surface area contributed by atoms with E-state index in [0.29, 0.717) is 5.95 Å². The zero-order chi connectivity index (χ0) is 14.1. The minimum absolute atomic E-state index is 0.543. The third kappa shape index (κ3) is 2.24. The first kappa shape index (κ1) is 12.7. The van der Waals surface area contributed by atoms with E-state index >= 15 is 0 Å². The van der Waals surface area contributed by atoms with Crippen LogP contribution in [0.15, 0.2) is 24.5 Å². The largest absolute Gasteiger partial charge is 0.369 e. The number of aryl methyl sites for hydroxylation is 4. The van der Waals surface area contributed by atoms with E-state index < -0.39 is 0 Å². The summed E-state index contributed by atoms with van der Waals surface area (Å²) in [5, 5.41) is 4.46. The van der Waals surface area contributed by atoms with Crippen molar-refractivity contribution in [1.29, 1.82) is 0 Å². The Morgan fingerprint density at radius 3 is 2.85 bits per heavy atom. The topological polar surface area (TPSA) is 74.5 Å². The van der Waals surface area contributed by atoms with Crippen molar-refractivity contribution in [2.24, 2.45) is 0 Å². The molecule has 3 aromatic heterocycles. The second-order valence-corrected chi connectivity index (χ2v) is 4.99. The molecule has 0 aliphatic rings. The molecule has 0 amide bonds. The molecule has 2 N–H and O–H groups in total. The zero-order valence-electron chi connectivity index (χ0n) is 11.7. The summed E-state index contributed by atoms with van der Waals surface area (Å²) in [6.07, 6.45) is 4.46. The van der Waals surface area contributed by atoms with Gasteiger partial charge in [-0.05, 0) is 32.4 Å². The molecule has 6 heteroatoms. The molecule has 0 bridgehead atoms. The van der Waals surface area contributed by atoms with Crippen LogP contribution in [0.3, 0.4) is 0 Å². The van der Waals surface area contributed by atoms with Gasteiger partial charge in [0.2, 0.25) is 5.95 Å². The monoisotopic (exact) mass is 270 g/mol. The van der Waals surface area contributed by atoms with E-state index in [2.05, 4.69) is 28.1 Å². The van der Waals surface area contributed by atoms with Crippen molar-refractivity contribution in [3.8, 4) is 0 Å². The molecule has 3 rings (SSSR count). The highest BCUT2D eigenvalue weighted by Crippen LogP contribution is 2.17. The van der Waals surface area contributed by atoms with Crippen molar-refractivity contribution < 1.29 is 0 Å². The predicted molar refractivity (Wildman–Crippen MR) is 78.3 cm³/mol. The van der Waals surface area contributed by atoms with Gasteiger partial charge in [-0.25, -0.2) is 4.98 Å². The Balaban J connectivity index is 1.74. The highest BCUT2D eigenvalue weighted by atomic mass is 15.3. The molecule has 3 heterocycles. The second kappa shape index (κ2) is 4.96. The van der Waals surface area contributed by atoms with Crippen LogP contribution >= 0.6 is 0 Å². The molecule has 0 radical (unpaired) electrons. The van der Waals surface area contributed by atoms with Crippen LogP contribution in [0.5, 0.6) is 0 Å². The summed E-state index contributed by atoms with van der Waals surface area (Å²) in [4.78, 5) is 8.38. The quantitative estimate of drug-likeness (QED) is 0.786. The average molecular weight is 270 g/mol. The van der Waals surface area contributed by atoms with Crippen LogP contribution in [0, 0.1) is 13.8 Å². The van der Waals surface area contributed by atoms with E-state index in [1.807, 2.05) is 22.2 Å².